The van der Waals surface area contributed by atoms with Crippen LogP contribution in [0.2, 0.25) is 5.02 Å². The number of benzene rings is 3. The van der Waals surface area contributed by atoms with Gasteiger partial charge in [-0.15, -0.1) is 0 Å². The highest BCUT2D eigenvalue weighted by Gasteiger charge is 2.25. The first-order valence-corrected chi connectivity index (χ1v) is 11.9. The van der Waals surface area contributed by atoms with Crippen LogP contribution in [0.5, 0.6) is 23.3 Å². The van der Waals surface area contributed by atoms with Crippen LogP contribution in [0.3, 0.4) is 0 Å². The fourth-order valence-corrected chi connectivity index (χ4v) is 4.46. The quantitative estimate of drug-likeness (QED) is 0.159. The average molecular weight is 535 g/mol. The van der Waals surface area contributed by atoms with E-state index in [-0.39, 0.29) is 35.4 Å². The van der Waals surface area contributed by atoms with Crippen LogP contribution in [-0.4, -0.2) is 53.6 Å². The van der Waals surface area contributed by atoms with Crippen molar-refractivity contribution in [3.8, 4) is 45.5 Å². The van der Waals surface area contributed by atoms with E-state index in [1.807, 2.05) is 24.3 Å². The van der Waals surface area contributed by atoms with Crippen molar-refractivity contribution in [1.82, 2.24) is 10.1 Å². The molecule has 3 N–H and O–H groups in total. The van der Waals surface area contributed by atoms with Gasteiger partial charge in [0.1, 0.15) is 6.61 Å². The SMILES string of the molecule is COCCOc1cc(C(=O)c2c(O)[nH]c3cc(Cl)c(-c4ccc(-c5cccc(OC)c5O)cc4)cc23)on1. The van der Waals surface area contributed by atoms with Crippen LogP contribution in [0.1, 0.15) is 16.1 Å². The number of hydrogen-bond donors (Lipinski definition) is 3. The first-order valence-electron chi connectivity index (χ1n) is 11.6. The number of ether oxygens (including phenoxy) is 3. The summed E-state index contributed by atoms with van der Waals surface area (Å²) in [4.78, 5) is 16.0. The van der Waals surface area contributed by atoms with Gasteiger partial charge in [0.05, 0.1) is 35.9 Å². The maximum atomic E-state index is 13.2. The highest BCUT2D eigenvalue weighted by Crippen LogP contribution is 2.40. The fourth-order valence-electron chi connectivity index (χ4n) is 4.19. The summed E-state index contributed by atoms with van der Waals surface area (Å²) in [7, 11) is 3.04. The van der Waals surface area contributed by atoms with Gasteiger partial charge in [0.2, 0.25) is 17.4 Å². The smallest absolute Gasteiger partial charge is 0.254 e. The molecule has 0 fully saturated rings. The number of halogens is 1. The minimum absolute atomic E-state index is 0.0235. The van der Waals surface area contributed by atoms with Crippen molar-refractivity contribution in [2.45, 2.75) is 0 Å². The number of para-hydroxylation sites is 1. The van der Waals surface area contributed by atoms with E-state index >= 15 is 0 Å². The van der Waals surface area contributed by atoms with Crippen molar-refractivity contribution in [2.24, 2.45) is 0 Å². The van der Waals surface area contributed by atoms with Crippen molar-refractivity contribution in [3.05, 3.63) is 77.0 Å². The Morgan fingerprint density at radius 2 is 1.74 bits per heavy atom. The van der Waals surface area contributed by atoms with Crippen LogP contribution < -0.4 is 9.47 Å². The summed E-state index contributed by atoms with van der Waals surface area (Å²) in [6, 6.07) is 17.4. The van der Waals surface area contributed by atoms with Gasteiger partial charge in [0, 0.05) is 23.6 Å². The zero-order valence-electron chi connectivity index (χ0n) is 20.4. The van der Waals surface area contributed by atoms with E-state index in [0.29, 0.717) is 39.4 Å². The van der Waals surface area contributed by atoms with Crippen molar-refractivity contribution in [1.29, 1.82) is 0 Å². The Labute approximate surface area is 222 Å². The van der Waals surface area contributed by atoms with Gasteiger partial charge in [-0.3, -0.25) is 4.79 Å². The number of carbonyl (C=O) groups excluding carboxylic acids is 1. The lowest BCUT2D eigenvalue weighted by atomic mass is 9.97. The Bertz CT molecular complexity index is 1620. The van der Waals surface area contributed by atoms with Gasteiger partial charge in [-0.25, -0.2) is 0 Å². The number of fused-ring (bicyclic) bond motifs is 1. The number of aromatic nitrogens is 2. The van der Waals surface area contributed by atoms with Crippen molar-refractivity contribution < 1.29 is 33.7 Å². The lowest BCUT2D eigenvalue weighted by Crippen LogP contribution is -2.04. The average Bonchev–Trinajstić information content (AvgIpc) is 3.52. The number of phenolic OH excluding ortho intramolecular Hbond substituents is 1. The molecule has 0 bridgehead atoms. The number of H-pyrrole nitrogens is 1. The number of methoxy groups -OCH3 is 2. The summed E-state index contributed by atoms with van der Waals surface area (Å²) in [5.74, 6) is -0.416. The Kier molecular flexibility index (Phi) is 6.95. The zero-order chi connectivity index (χ0) is 26.8. The van der Waals surface area contributed by atoms with Crippen LogP contribution in [-0.2, 0) is 4.74 Å². The Balaban J connectivity index is 1.49. The minimum atomic E-state index is -0.569. The predicted octanol–water partition coefficient (Wildman–Crippen LogP) is 5.82. The van der Waals surface area contributed by atoms with Gasteiger partial charge in [-0.05, 0) is 34.5 Å². The van der Waals surface area contributed by atoms with Crippen LogP contribution in [0.25, 0.3) is 33.2 Å². The number of aromatic amines is 1. The third-order valence-electron chi connectivity index (χ3n) is 6.07. The molecule has 38 heavy (non-hydrogen) atoms. The molecule has 0 amide bonds. The lowest BCUT2D eigenvalue weighted by Gasteiger charge is -2.10. The number of carbonyl (C=O) groups is 1. The Hall–Kier alpha value is -4.47. The number of hydrogen-bond acceptors (Lipinski definition) is 8. The molecule has 0 saturated heterocycles. The first kappa shape index (κ1) is 25.2. The molecule has 0 unspecified atom stereocenters. The predicted molar refractivity (Wildman–Crippen MR) is 141 cm³/mol. The highest BCUT2D eigenvalue weighted by molar-refractivity contribution is 6.34. The molecule has 2 aromatic heterocycles. The summed E-state index contributed by atoms with van der Waals surface area (Å²) in [6.45, 7) is 0.595. The standard InChI is InChI=1S/C28H23ClN2O7/c1-35-10-11-37-24-14-23(38-31-24)27(33)25-19-12-18(20(29)13-21(19)30-28(25)34)16-8-6-15(7-9-16)17-4-3-5-22(36-2)26(17)32/h3-9,12-14,30,32,34H,10-11H2,1-2H3. The second kappa shape index (κ2) is 10.5. The maximum Gasteiger partial charge on any atom is 0.254 e. The lowest BCUT2D eigenvalue weighted by molar-refractivity contribution is 0.0998. The van der Waals surface area contributed by atoms with Crippen LogP contribution >= 0.6 is 11.6 Å². The third kappa shape index (κ3) is 4.65. The Morgan fingerprint density at radius 1 is 1.00 bits per heavy atom. The molecule has 0 atom stereocenters. The molecule has 0 aliphatic carbocycles. The number of phenols is 1. The van der Waals surface area contributed by atoms with Gasteiger partial charge in [-0.1, -0.05) is 48.0 Å². The summed E-state index contributed by atoms with van der Waals surface area (Å²) in [5, 5.41) is 25.7. The molecule has 194 valence electrons. The van der Waals surface area contributed by atoms with Gasteiger partial charge < -0.3 is 33.9 Å². The third-order valence-corrected chi connectivity index (χ3v) is 6.38. The molecule has 0 aliphatic heterocycles. The summed E-state index contributed by atoms with van der Waals surface area (Å²) >= 11 is 6.58. The van der Waals surface area contributed by atoms with Crippen molar-refractivity contribution in [3.63, 3.8) is 0 Å². The van der Waals surface area contributed by atoms with Crippen molar-refractivity contribution >= 4 is 28.3 Å². The van der Waals surface area contributed by atoms with Crippen LogP contribution in [0.4, 0.5) is 0 Å². The van der Waals surface area contributed by atoms with Gasteiger partial charge in [0.25, 0.3) is 5.88 Å². The molecule has 3 aromatic carbocycles. The van der Waals surface area contributed by atoms with Gasteiger partial charge in [0.15, 0.2) is 11.5 Å². The number of aromatic hydroxyl groups is 2. The fraction of sp³-hybridized carbons (Fsp3) is 0.143. The molecule has 0 spiro atoms. The molecule has 10 heteroatoms. The first-order chi connectivity index (χ1) is 18.4. The maximum absolute atomic E-state index is 13.2. The molecule has 2 heterocycles. The van der Waals surface area contributed by atoms with E-state index in [1.54, 1.807) is 37.4 Å². The molecule has 0 saturated carbocycles. The zero-order valence-corrected chi connectivity index (χ0v) is 21.2. The normalized spacial score (nSPS) is 11.1. The Morgan fingerprint density at radius 3 is 2.45 bits per heavy atom. The summed E-state index contributed by atoms with van der Waals surface area (Å²) < 4.78 is 20.7. The highest BCUT2D eigenvalue weighted by atomic mass is 35.5. The molecule has 5 rings (SSSR count). The van der Waals surface area contributed by atoms with Crippen molar-refractivity contribution in [2.75, 3.05) is 27.4 Å². The second-order valence-corrected chi connectivity index (χ2v) is 8.77. The van der Waals surface area contributed by atoms with E-state index in [1.165, 1.54) is 13.2 Å². The van der Waals surface area contributed by atoms with Crippen LogP contribution in [0.15, 0.2) is 65.2 Å². The number of rotatable bonds is 9. The number of nitrogens with zero attached hydrogens (tertiary/aromatic N) is 1. The molecule has 9 nitrogen and oxygen atoms in total. The van der Waals surface area contributed by atoms with E-state index in [4.69, 9.17) is 30.3 Å². The topological polar surface area (TPSA) is 127 Å². The minimum Gasteiger partial charge on any atom is -0.504 e. The molecule has 0 aliphatic rings. The molecule has 0 radical (unpaired) electrons. The largest absolute Gasteiger partial charge is 0.504 e. The number of ketones is 1. The van der Waals surface area contributed by atoms with E-state index in [0.717, 1.165) is 11.1 Å². The monoisotopic (exact) mass is 534 g/mol. The second-order valence-electron chi connectivity index (χ2n) is 8.36. The van der Waals surface area contributed by atoms with Crippen LogP contribution in [0, 0.1) is 0 Å². The number of nitrogens with one attached hydrogen (secondary N) is 1. The van der Waals surface area contributed by atoms with E-state index in [9.17, 15) is 15.0 Å². The summed E-state index contributed by atoms with van der Waals surface area (Å²) in [6.07, 6.45) is 0. The van der Waals surface area contributed by atoms with Gasteiger partial charge >= 0.3 is 0 Å². The molecular weight excluding hydrogens is 512 g/mol. The molecular formula is C28H23ClN2O7. The van der Waals surface area contributed by atoms with E-state index < -0.39 is 5.78 Å². The van der Waals surface area contributed by atoms with E-state index in [2.05, 4.69) is 10.1 Å². The van der Waals surface area contributed by atoms with Gasteiger partial charge in [-0.2, -0.15) is 0 Å². The summed E-state index contributed by atoms with van der Waals surface area (Å²) in [5.41, 5.74) is 3.33. The molecule has 5 aromatic rings.